The minimum absolute atomic E-state index is 0.456. The van der Waals surface area contributed by atoms with Gasteiger partial charge in [0, 0.05) is 19.1 Å². The molecule has 0 radical (unpaired) electrons. The average molecular weight is 261 g/mol. The molecule has 0 spiro atoms. The third kappa shape index (κ3) is 2.56. The van der Waals surface area contributed by atoms with Crippen LogP contribution >= 0.6 is 0 Å². The fourth-order valence-electron chi connectivity index (χ4n) is 2.62. The van der Waals surface area contributed by atoms with Crippen LogP contribution in [0.3, 0.4) is 0 Å². The molecule has 5 nitrogen and oxygen atoms in total. The summed E-state index contributed by atoms with van der Waals surface area (Å²) >= 11 is 0. The van der Waals surface area contributed by atoms with Crippen molar-refractivity contribution in [3.8, 4) is 5.88 Å². The van der Waals surface area contributed by atoms with Gasteiger partial charge in [0.2, 0.25) is 5.88 Å². The molecule has 1 aliphatic rings. The standard InChI is InChI=1S/C14H19N3O2/c1-3-19-10-6-9(7-10)8-12-15-11-4-5-13(18-2)17-14(11)16-12/h4-5,9-10H,3,6-8H2,1-2H3,(H,15,16,17). The van der Waals surface area contributed by atoms with Crippen LogP contribution in [0.15, 0.2) is 12.1 Å². The van der Waals surface area contributed by atoms with Crippen LogP contribution in [0.2, 0.25) is 0 Å². The van der Waals surface area contributed by atoms with Crippen LogP contribution in [0.1, 0.15) is 25.6 Å². The molecule has 1 fully saturated rings. The Bertz CT molecular complexity index is 561. The van der Waals surface area contributed by atoms with Crippen molar-refractivity contribution in [1.29, 1.82) is 0 Å². The molecular formula is C14H19N3O2. The summed E-state index contributed by atoms with van der Waals surface area (Å²) in [5, 5.41) is 0. The highest BCUT2D eigenvalue weighted by atomic mass is 16.5. The molecule has 19 heavy (non-hydrogen) atoms. The first-order chi connectivity index (χ1) is 9.28. The first-order valence-electron chi connectivity index (χ1n) is 6.79. The molecule has 2 aromatic heterocycles. The Morgan fingerprint density at radius 3 is 2.89 bits per heavy atom. The molecule has 0 bridgehead atoms. The van der Waals surface area contributed by atoms with Crippen molar-refractivity contribution in [1.82, 2.24) is 15.0 Å². The molecule has 5 heteroatoms. The van der Waals surface area contributed by atoms with Gasteiger partial charge in [0.25, 0.3) is 0 Å². The number of aromatic amines is 1. The first kappa shape index (κ1) is 12.4. The van der Waals surface area contributed by atoms with Crippen LogP contribution in [0.25, 0.3) is 11.2 Å². The smallest absolute Gasteiger partial charge is 0.215 e. The topological polar surface area (TPSA) is 60.0 Å². The highest BCUT2D eigenvalue weighted by molar-refractivity contribution is 5.71. The maximum absolute atomic E-state index is 5.58. The van der Waals surface area contributed by atoms with Crippen molar-refractivity contribution in [3.05, 3.63) is 18.0 Å². The maximum atomic E-state index is 5.58. The van der Waals surface area contributed by atoms with Crippen LogP contribution in [0, 0.1) is 5.92 Å². The quantitative estimate of drug-likeness (QED) is 0.897. The summed E-state index contributed by atoms with van der Waals surface area (Å²) in [6.45, 7) is 2.86. The number of imidazole rings is 1. The van der Waals surface area contributed by atoms with Gasteiger partial charge in [-0.3, -0.25) is 0 Å². The van der Waals surface area contributed by atoms with Gasteiger partial charge in [-0.15, -0.1) is 0 Å². The zero-order chi connectivity index (χ0) is 13.2. The number of fused-ring (bicyclic) bond motifs is 1. The van der Waals surface area contributed by atoms with Gasteiger partial charge in [0.15, 0.2) is 5.65 Å². The van der Waals surface area contributed by atoms with Gasteiger partial charge in [0.05, 0.1) is 18.7 Å². The lowest BCUT2D eigenvalue weighted by molar-refractivity contribution is -0.0244. The van der Waals surface area contributed by atoms with Crippen molar-refractivity contribution in [2.75, 3.05) is 13.7 Å². The molecule has 0 aliphatic heterocycles. The summed E-state index contributed by atoms with van der Waals surface area (Å²) in [4.78, 5) is 12.2. The Morgan fingerprint density at radius 1 is 1.32 bits per heavy atom. The van der Waals surface area contributed by atoms with E-state index in [1.165, 1.54) is 0 Å². The molecule has 0 atom stereocenters. The normalized spacial score (nSPS) is 22.4. The number of hydrogen-bond donors (Lipinski definition) is 1. The monoisotopic (exact) mass is 261 g/mol. The average Bonchev–Trinajstić information content (AvgIpc) is 2.77. The number of methoxy groups -OCH3 is 1. The second-order valence-electron chi connectivity index (χ2n) is 5.03. The highest BCUT2D eigenvalue weighted by Crippen LogP contribution is 2.32. The Kier molecular flexibility index (Phi) is 3.38. The van der Waals surface area contributed by atoms with E-state index in [2.05, 4.69) is 15.0 Å². The van der Waals surface area contributed by atoms with E-state index < -0.39 is 0 Å². The second-order valence-corrected chi connectivity index (χ2v) is 5.03. The summed E-state index contributed by atoms with van der Waals surface area (Å²) < 4.78 is 10.7. The molecule has 1 aliphatic carbocycles. The van der Waals surface area contributed by atoms with Gasteiger partial charge in [-0.25, -0.2) is 4.98 Å². The van der Waals surface area contributed by atoms with Gasteiger partial charge in [-0.2, -0.15) is 4.98 Å². The van der Waals surface area contributed by atoms with Gasteiger partial charge in [0.1, 0.15) is 5.82 Å². The van der Waals surface area contributed by atoms with E-state index >= 15 is 0 Å². The summed E-state index contributed by atoms with van der Waals surface area (Å²) in [7, 11) is 1.62. The minimum atomic E-state index is 0.456. The molecule has 0 amide bonds. The van der Waals surface area contributed by atoms with Crippen molar-refractivity contribution in [3.63, 3.8) is 0 Å². The first-order valence-corrected chi connectivity index (χ1v) is 6.79. The van der Waals surface area contributed by atoms with Crippen molar-refractivity contribution < 1.29 is 9.47 Å². The molecule has 0 saturated heterocycles. The molecule has 102 valence electrons. The number of aromatic nitrogens is 3. The fraction of sp³-hybridized carbons (Fsp3) is 0.571. The van der Waals surface area contributed by atoms with Crippen LogP contribution in [0.4, 0.5) is 0 Å². The fourth-order valence-corrected chi connectivity index (χ4v) is 2.62. The third-order valence-electron chi connectivity index (χ3n) is 3.66. The molecule has 0 unspecified atom stereocenters. The predicted molar refractivity (Wildman–Crippen MR) is 72.3 cm³/mol. The van der Waals surface area contributed by atoms with E-state index in [1.807, 2.05) is 19.1 Å². The van der Waals surface area contributed by atoms with Crippen molar-refractivity contribution >= 4 is 11.2 Å². The van der Waals surface area contributed by atoms with Crippen LogP contribution in [0.5, 0.6) is 5.88 Å². The van der Waals surface area contributed by atoms with Crippen LogP contribution in [-0.2, 0) is 11.2 Å². The predicted octanol–water partition coefficient (Wildman–Crippen LogP) is 2.32. The Balaban J connectivity index is 1.66. The largest absolute Gasteiger partial charge is 0.481 e. The van der Waals surface area contributed by atoms with E-state index in [0.717, 1.165) is 42.9 Å². The molecule has 0 aromatic carbocycles. The number of ether oxygens (including phenoxy) is 2. The number of rotatable bonds is 5. The lowest BCUT2D eigenvalue weighted by Gasteiger charge is -2.34. The van der Waals surface area contributed by atoms with Gasteiger partial charge in [-0.1, -0.05) is 0 Å². The summed E-state index contributed by atoms with van der Waals surface area (Å²) in [5.74, 6) is 2.29. The number of pyridine rings is 1. The van der Waals surface area contributed by atoms with E-state index in [0.29, 0.717) is 17.9 Å². The van der Waals surface area contributed by atoms with Gasteiger partial charge >= 0.3 is 0 Å². The highest BCUT2D eigenvalue weighted by Gasteiger charge is 2.30. The number of nitrogens with one attached hydrogen (secondary N) is 1. The minimum Gasteiger partial charge on any atom is -0.481 e. The molecule has 2 heterocycles. The van der Waals surface area contributed by atoms with Gasteiger partial charge < -0.3 is 14.5 Å². The van der Waals surface area contributed by atoms with E-state index in [1.54, 1.807) is 7.11 Å². The lowest BCUT2D eigenvalue weighted by atomic mass is 9.80. The summed E-state index contributed by atoms with van der Waals surface area (Å²) in [5.41, 5.74) is 1.70. The molecule has 3 rings (SSSR count). The van der Waals surface area contributed by atoms with E-state index in [9.17, 15) is 0 Å². The van der Waals surface area contributed by atoms with Crippen molar-refractivity contribution in [2.45, 2.75) is 32.3 Å². The third-order valence-corrected chi connectivity index (χ3v) is 3.66. The van der Waals surface area contributed by atoms with E-state index in [-0.39, 0.29) is 0 Å². The second kappa shape index (κ2) is 5.17. The number of hydrogen-bond acceptors (Lipinski definition) is 4. The van der Waals surface area contributed by atoms with Crippen LogP contribution < -0.4 is 4.74 Å². The van der Waals surface area contributed by atoms with Crippen molar-refractivity contribution in [2.24, 2.45) is 5.92 Å². The Labute approximate surface area is 112 Å². The lowest BCUT2D eigenvalue weighted by Crippen LogP contribution is -2.32. The zero-order valence-electron chi connectivity index (χ0n) is 11.3. The van der Waals surface area contributed by atoms with Gasteiger partial charge in [-0.05, 0) is 31.7 Å². The zero-order valence-corrected chi connectivity index (χ0v) is 11.3. The Hall–Kier alpha value is -1.62. The number of H-pyrrole nitrogens is 1. The molecule has 1 N–H and O–H groups in total. The maximum Gasteiger partial charge on any atom is 0.215 e. The molecule has 2 aromatic rings. The number of nitrogens with zero attached hydrogens (tertiary/aromatic N) is 2. The SMILES string of the molecule is CCOC1CC(Cc2nc3nc(OC)ccc3[nH]2)C1. The summed E-state index contributed by atoms with van der Waals surface area (Å²) in [6.07, 6.45) is 3.71. The molecule has 1 saturated carbocycles. The van der Waals surface area contributed by atoms with E-state index in [4.69, 9.17) is 9.47 Å². The molecular weight excluding hydrogens is 242 g/mol. The summed E-state index contributed by atoms with van der Waals surface area (Å²) in [6, 6.07) is 3.81. The van der Waals surface area contributed by atoms with Crippen LogP contribution in [-0.4, -0.2) is 34.8 Å². The Morgan fingerprint density at radius 2 is 2.16 bits per heavy atom.